The van der Waals surface area contributed by atoms with Gasteiger partial charge in [0, 0.05) is 7.05 Å². The van der Waals surface area contributed by atoms with Gasteiger partial charge in [0.15, 0.2) is 0 Å². The van der Waals surface area contributed by atoms with E-state index in [2.05, 4.69) is 16.4 Å². The number of pyridine rings is 1. The van der Waals surface area contributed by atoms with Crippen molar-refractivity contribution < 1.29 is 4.74 Å². The van der Waals surface area contributed by atoms with Crippen LogP contribution in [-0.4, -0.2) is 18.6 Å². The van der Waals surface area contributed by atoms with E-state index < -0.39 is 0 Å². The second-order valence-corrected chi connectivity index (χ2v) is 2.80. The Kier molecular flexibility index (Phi) is 3.29. The van der Waals surface area contributed by atoms with E-state index in [0.717, 1.165) is 5.56 Å². The molecule has 0 aliphatic rings. The molecule has 0 bridgehead atoms. The van der Waals surface area contributed by atoms with E-state index >= 15 is 0 Å². The van der Waals surface area contributed by atoms with Crippen molar-refractivity contribution in [2.24, 2.45) is 0 Å². The molecule has 4 nitrogen and oxygen atoms in total. The molecule has 1 rings (SSSR count). The van der Waals surface area contributed by atoms with Gasteiger partial charge in [0.1, 0.15) is 17.5 Å². The zero-order valence-electron chi connectivity index (χ0n) is 8.59. The molecule has 1 N–H and O–H groups in total. The highest BCUT2D eigenvalue weighted by atomic mass is 16.5. The molecule has 0 unspecified atom stereocenters. The summed E-state index contributed by atoms with van der Waals surface area (Å²) < 4.78 is 5.28. The molecule has 0 aliphatic carbocycles. The van der Waals surface area contributed by atoms with E-state index in [1.807, 2.05) is 19.9 Å². The van der Waals surface area contributed by atoms with Crippen LogP contribution in [0.2, 0.25) is 0 Å². The number of ether oxygens (including phenoxy) is 1. The number of hydrogen-bond acceptors (Lipinski definition) is 4. The van der Waals surface area contributed by atoms with Gasteiger partial charge in [0.25, 0.3) is 0 Å². The Labute approximate surface area is 83.5 Å². The summed E-state index contributed by atoms with van der Waals surface area (Å²) in [5.74, 6) is 1.12. The van der Waals surface area contributed by atoms with Crippen LogP contribution in [0.5, 0.6) is 5.88 Å². The molecule has 0 aliphatic heterocycles. The lowest BCUT2D eigenvalue weighted by molar-refractivity contribution is 0.326. The van der Waals surface area contributed by atoms with E-state index in [4.69, 9.17) is 10.00 Å². The van der Waals surface area contributed by atoms with Crippen LogP contribution in [-0.2, 0) is 0 Å². The van der Waals surface area contributed by atoms with Crippen LogP contribution in [0.4, 0.5) is 5.82 Å². The summed E-state index contributed by atoms with van der Waals surface area (Å²) in [5.41, 5.74) is 1.38. The Morgan fingerprint density at radius 3 is 2.86 bits per heavy atom. The predicted molar refractivity (Wildman–Crippen MR) is 54.4 cm³/mol. The van der Waals surface area contributed by atoms with Crippen LogP contribution in [0.3, 0.4) is 0 Å². The quantitative estimate of drug-likeness (QED) is 0.790. The van der Waals surface area contributed by atoms with E-state index in [9.17, 15) is 0 Å². The lowest BCUT2D eigenvalue weighted by Gasteiger charge is -2.08. The first-order chi connectivity index (χ1) is 6.72. The second-order valence-electron chi connectivity index (χ2n) is 2.80. The fraction of sp³-hybridized carbons (Fsp3) is 0.400. The van der Waals surface area contributed by atoms with Gasteiger partial charge in [-0.1, -0.05) is 0 Å². The fourth-order valence-electron chi connectivity index (χ4n) is 1.15. The molecule has 0 saturated heterocycles. The van der Waals surface area contributed by atoms with Crippen molar-refractivity contribution in [3.63, 3.8) is 0 Å². The van der Waals surface area contributed by atoms with Gasteiger partial charge < -0.3 is 10.1 Å². The van der Waals surface area contributed by atoms with Gasteiger partial charge in [-0.15, -0.1) is 0 Å². The van der Waals surface area contributed by atoms with Gasteiger partial charge in [0.2, 0.25) is 5.88 Å². The summed E-state index contributed by atoms with van der Waals surface area (Å²) >= 11 is 0. The Balaban J connectivity index is 3.22. The first kappa shape index (κ1) is 10.3. The average Bonchev–Trinajstić information content (AvgIpc) is 2.18. The molecule has 14 heavy (non-hydrogen) atoms. The molecule has 0 atom stereocenters. The molecule has 0 aromatic carbocycles. The molecule has 1 heterocycles. The van der Waals surface area contributed by atoms with E-state index in [0.29, 0.717) is 23.9 Å². The van der Waals surface area contributed by atoms with Crippen molar-refractivity contribution >= 4 is 5.82 Å². The van der Waals surface area contributed by atoms with Crippen molar-refractivity contribution in [3.8, 4) is 11.9 Å². The molecule has 0 spiro atoms. The molecule has 0 fully saturated rings. The maximum atomic E-state index is 8.90. The van der Waals surface area contributed by atoms with E-state index in [-0.39, 0.29) is 0 Å². The zero-order valence-corrected chi connectivity index (χ0v) is 8.59. The summed E-state index contributed by atoms with van der Waals surface area (Å²) in [6.45, 7) is 4.24. The van der Waals surface area contributed by atoms with E-state index in [1.54, 1.807) is 7.05 Å². The minimum absolute atomic E-state index is 0.402. The van der Waals surface area contributed by atoms with Gasteiger partial charge in [-0.2, -0.15) is 10.2 Å². The molecule has 74 valence electrons. The largest absolute Gasteiger partial charge is 0.477 e. The number of anilines is 1. The van der Waals surface area contributed by atoms with Crippen LogP contribution in [0, 0.1) is 18.3 Å². The highest BCUT2D eigenvalue weighted by Crippen LogP contribution is 2.21. The standard InChI is InChI=1S/C10H13N3O/c1-4-14-10-8(6-11)7(2)5-9(12-3)13-10/h5H,4H2,1-3H3,(H,12,13). The fourth-order valence-corrected chi connectivity index (χ4v) is 1.15. The maximum absolute atomic E-state index is 8.90. The maximum Gasteiger partial charge on any atom is 0.233 e. The third-order valence-corrected chi connectivity index (χ3v) is 1.83. The highest BCUT2D eigenvalue weighted by Gasteiger charge is 2.09. The Morgan fingerprint density at radius 2 is 2.36 bits per heavy atom. The van der Waals surface area contributed by atoms with Crippen LogP contribution < -0.4 is 10.1 Å². The minimum Gasteiger partial charge on any atom is -0.477 e. The average molecular weight is 191 g/mol. The van der Waals surface area contributed by atoms with Gasteiger partial charge >= 0.3 is 0 Å². The zero-order chi connectivity index (χ0) is 10.6. The Bertz CT molecular complexity index is 368. The lowest BCUT2D eigenvalue weighted by Crippen LogP contribution is -2.02. The molecule has 0 radical (unpaired) electrons. The minimum atomic E-state index is 0.402. The predicted octanol–water partition coefficient (Wildman–Crippen LogP) is 1.70. The van der Waals surface area contributed by atoms with Crippen molar-refractivity contribution in [3.05, 3.63) is 17.2 Å². The number of aromatic nitrogens is 1. The SMILES string of the molecule is CCOc1nc(NC)cc(C)c1C#N. The van der Waals surface area contributed by atoms with Crippen LogP contribution in [0.15, 0.2) is 6.07 Å². The molecular weight excluding hydrogens is 178 g/mol. The first-order valence-corrected chi connectivity index (χ1v) is 4.45. The number of hydrogen-bond donors (Lipinski definition) is 1. The molecule has 1 aromatic rings. The van der Waals surface area contributed by atoms with Crippen LogP contribution >= 0.6 is 0 Å². The number of nitriles is 1. The van der Waals surface area contributed by atoms with Gasteiger partial charge in [-0.3, -0.25) is 0 Å². The first-order valence-electron chi connectivity index (χ1n) is 4.45. The summed E-state index contributed by atoms with van der Waals surface area (Å²) in [5, 5.41) is 11.8. The second kappa shape index (κ2) is 4.47. The summed E-state index contributed by atoms with van der Waals surface area (Å²) in [6.07, 6.45) is 0. The smallest absolute Gasteiger partial charge is 0.233 e. The summed E-state index contributed by atoms with van der Waals surface area (Å²) in [4.78, 5) is 4.16. The van der Waals surface area contributed by atoms with Gasteiger partial charge in [-0.05, 0) is 25.5 Å². The third-order valence-electron chi connectivity index (χ3n) is 1.83. The van der Waals surface area contributed by atoms with Crippen LogP contribution in [0.25, 0.3) is 0 Å². The molecule has 1 aromatic heterocycles. The molecule has 4 heteroatoms. The number of rotatable bonds is 3. The Hall–Kier alpha value is -1.76. The van der Waals surface area contributed by atoms with Crippen molar-refractivity contribution in [1.29, 1.82) is 5.26 Å². The Morgan fingerprint density at radius 1 is 1.64 bits per heavy atom. The lowest BCUT2D eigenvalue weighted by atomic mass is 10.1. The molecule has 0 saturated carbocycles. The number of aryl methyl sites for hydroxylation is 1. The normalized spacial score (nSPS) is 9.29. The van der Waals surface area contributed by atoms with Crippen molar-refractivity contribution in [1.82, 2.24) is 4.98 Å². The number of nitrogens with zero attached hydrogens (tertiary/aromatic N) is 2. The number of nitrogens with one attached hydrogen (secondary N) is 1. The van der Waals surface area contributed by atoms with Gasteiger partial charge in [0.05, 0.1) is 6.61 Å². The summed E-state index contributed by atoms with van der Waals surface area (Å²) in [6, 6.07) is 3.91. The molecule has 0 amide bonds. The van der Waals surface area contributed by atoms with Crippen LogP contribution in [0.1, 0.15) is 18.1 Å². The van der Waals surface area contributed by atoms with E-state index in [1.165, 1.54) is 0 Å². The monoisotopic (exact) mass is 191 g/mol. The van der Waals surface area contributed by atoms with Crippen molar-refractivity contribution in [2.75, 3.05) is 19.0 Å². The van der Waals surface area contributed by atoms with Gasteiger partial charge in [-0.25, -0.2) is 0 Å². The summed E-state index contributed by atoms with van der Waals surface area (Å²) in [7, 11) is 1.78. The topological polar surface area (TPSA) is 57.9 Å². The van der Waals surface area contributed by atoms with Crippen molar-refractivity contribution in [2.45, 2.75) is 13.8 Å². The highest BCUT2D eigenvalue weighted by molar-refractivity contribution is 5.51. The molecular formula is C10H13N3O. The third kappa shape index (κ3) is 1.94.